The van der Waals surface area contributed by atoms with E-state index < -0.39 is 49.0 Å². The van der Waals surface area contributed by atoms with E-state index in [-0.39, 0.29) is 57.8 Å². The SMILES string of the molecule is CC(C)c1ccccc1[C@@H]1CCCN1C1CC2(CCN(c3ccc(C(=O)NS(=O)(=O)c4cc5c(c([N+](=O)[O-])c4)N[C@@H](C4CCOCC4)CO5)c(Oc4cc5c(F)c[nH]c5nc4F)c3)CC2)C1. The van der Waals surface area contributed by atoms with Crippen molar-refractivity contribution in [1.29, 1.82) is 0 Å². The van der Waals surface area contributed by atoms with Crippen LogP contribution in [0.3, 0.4) is 0 Å². The van der Waals surface area contributed by atoms with E-state index in [2.05, 4.69) is 63.2 Å². The number of piperidine rings is 1. The number of hydrogen-bond acceptors (Lipinski definition) is 12. The van der Waals surface area contributed by atoms with Crippen LogP contribution in [0.2, 0.25) is 0 Å². The molecule has 1 amide bonds. The molecular weight excluding hydrogens is 873 g/mol. The predicted octanol–water partition coefficient (Wildman–Crippen LogP) is 8.97. The lowest BCUT2D eigenvalue weighted by molar-refractivity contribution is -0.384. The Kier molecular flexibility index (Phi) is 11.6. The largest absolute Gasteiger partial charge is 0.489 e. The highest BCUT2D eigenvalue weighted by Gasteiger charge is 2.50. The number of carbonyl (C=O) groups excluding carboxylic acids is 1. The molecule has 15 nitrogen and oxygen atoms in total. The highest BCUT2D eigenvalue weighted by Crippen LogP contribution is 2.54. The number of nitrogens with one attached hydrogen (secondary N) is 3. The summed E-state index contributed by atoms with van der Waals surface area (Å²) in [6, 6.07) is 17.3. The molecule has 10 rings (SSSR count). The number of rotatable bonds is 11. The zero-order valence-corrected chi connectivity index (χ0v) is 37.7. The summed E-state index contributed by atoms with van der Waals surface area (Å²) in [6.45, 7) is 8.32. The number of sulfonamides is 1. The Morgan fingerprint density at radius 1 is 1.02 bits per heavy atom. The average Bonchev–Trinajstić information content (AvgIpc) is 3.94. The van der Waals surface area contributed by atoms with E-state index in [0.717, 1.165) is 69.5 Å². The molecule has 1 saturated carbocycles. The quantitative estimate of drug-likeness (QED) is 0.0651. The van der Waals surface area contributed by atoms with Gasteiger partial charge in [-0.25, -0.2) is 17.5 Å². The van der Waals surface area contributed by atoms with Crippen molar-refractivity contribution in [1.82, 2.24) is 19.6 Å². The molecule has 0 unspecified atom stereocenters. The third kappa shape index (κ3) is 8.31. The van der Waals surface area contributed by atoms with Crippen molar-refractivity contribution < 1.29 is 41.1 Å². The van der Waals surface area contributed by atoms with E-state index in [1.807, 2.05) is 4.72 Å². The molecule has 2 aromatic heterocycles. The van der Waals surface area contributed by atoms with E-state index in [4.69, 9.17) is 14.2 Å². The smallest absolute Gasteiger partial charge is 0.297 e. The first-order valence-electron chi connectivity index (χ1n) is 22.9. The highest BCUT2D eigenvalue weighted by atomic mass is 32.2. The summed E-state index contributed by atoms with van der Waals surface area (Å²) in [5.74, 6) is -3.07. The van der Waals surface area contributed by atoms with Gasteiger partial charge in [0.2, 0.25) is 0 Å². The fourth-order valence-electron chi connectivity index (χ4n) is 11.0. The van der Waals surface area contributed by atoms with Crippen molar-refractivity contribution >= 4 is 44.0 Å². The minimum atomic E-state index is -4.77. The van der Waals surface area contributed by atoms with Crippen molar-refractivity contribution in [2.75, 3.05) is 49.7 Å². The highest BCUT2D eigenvalue weighted by molar-refractivity contribution is 7.90. The average molecular weight is 926 g/mol. The molecule has 1 spiro atoms. The summed E-state index contributed by atoms with van der Waals surface area (Å²) in [6.07, 6.45) is 9.02. The lowest BCUT2D eigenvalue weighted by Crippen LogP contribution is -2.54. The molecule has 2 atom stereocenters. The number of nitro groups is 1. The van der Waals surface area contributed by atoms with Gasteiger partial charge in [-0.3, -0.25) is 19.8 Å². The number of anilines is 2. The Hall–Kier alpha value is -5.85. The Balaban J connectivity index is 0.880. The first-order chi connectivity index (χ1) is 31.8. The van der Waals surface area contributed by atoms with Crippen molar-refractivity contribution in [3.63, 3.8) is 0 Å². The zero-order chi connectivity index (χ0) is 45.9. The van der Waals surface area contributed by atoms with Gasteiger partial charge in [0, 0.05) is 68.5 Å². The van der Waals surface area contributed by atoms with Gasteiger partial charge in [-0.15, -0.1) is 0 Å². The summed E-state index contributed by atoms with van der Waals surface area (Å²) in [7, 11) is -4.77. The van der Waals surface area contributed by atoms with Crippen molar-refractivity contribution in [3.05, 3.63) is 105 Å². The second kappa shape index (κ2) is 17.4. The van der Waals surface area contributed by atoms with Crippen LogP contribution >= 0.6 is 0 Å². The second-order valence-electron chi connectivity index (χ2n) is 18.8. The molecule has 66 heavy (non-hydrogen) atoms. The molecule has 6 heterocycles. The van der Waals surface area contributed by atoms with Gasteiger partial charge in [-0.1, -0.05) is 38.1 Å². The first-order valence-corrected chi connectivity index (χ1v) is 24.4. The monoisotopic (exact) mass is 925 g/mol. The summed E-state index contributed by atoms with van der Waals surface area (Å²) in [4.78, 5) is 36.3. The van der Waals surface area contributed by atoms with Gasteiger partial charge in [0.05, 0.1) is 26.8 Å². The number of ether oxygens (including phenoxy) is 3. The molecule has 0 radical (unpaired) electrons. The molecule has 0 bridgehead atoms. The maximum atomic E-state index is 15.4. The Morgan fingerprint density at radius 3 is 2.55 bits per heavy atom. The number of amides is 1. The molecule has 3 N–H and O–H groups in total. The van der Waals surface area contributed by atoms with Crippen LogP contribution in [0.5, 0.6) is 17.2 Å². The standard InChI is InChI=1S/C48H53F2N7O8S/c1-28(2)33-6-3-4-7-34(33)39-8-5-15-56(39)31-24-48(25-31)13-16-55(17-14-48)30-9-10-35(41(20-30)65-43-23-36-37(49)26-51-46(36)53-45(43)50)47(58)54-66(61,62)32-21-40(57(59)60)44-42(22-32)64-27-38(52-44)29-11-18-63-19-12-29/h3-4,6-7,9-10,20-23,26,28-29,31,38-39,52H,5,8,11-19,24-25,27H2,1-2H3,(H,51,53)(H,54,58)/t38-,39+/m1/s1. The minimum absolute atomic E-state index is 0.0440. The summed E-state index contributed by atoms with van der Waals surface area (Å²) >= 11 is 0. The molecule has 18 heteroatoms. The van der Waals surface area contributed by atoms with Crippen LogP contribution < -0.4 is 24.4 Å². The number of pyridine rings is 1. The van der Waals surface area contributed by atoms with Crippen LogP contribution in [0.1, 0.15) is 98.7 Å². The summed E-state index contributed by atoms with van der Waals surface area (Å²) in [5, 5.41) is 15.5. The van der Waals surface area contributed by atoms with E-state index in [0.29, 0.717) is 50.0 Å². The number of halogens is 2. The lowest BCUT2D eigenvalue weighted by Gasteiger charge is -2.56. The van der Waals surface area contributed by atoms with Gasteiger partial charge >= 0.3 is 0 Å². The predicted molar refractivity (Wildman–Crippen MR) is 243 cm³/mol. The topological polar surface area (TPSA) is 181 Å². The Morgan fingerprint density at radius 2 is 1.79 bits per heavy atom. The van der Waals surface area contributed by atoms with Crippen molar-refractivity contribution in [2.45, 2.75) is 94.2 Å². The van der Waals surface area contributed by atoms with Crippen LogP contribution in [0.25, 0.3) is 11.0 Å². The summed E-state index contributed by atoms with van der Waals surface area (Å²) < 4.78 is 77.3. The van der Waals surface area contributed by atoms with Gasteiger partial charge in [0.1, 0.15) is 23.8 Å². The molecule has 4 fully saturated rings. The number of nitrogens with zero attached hydrogens (tertiary/aromatic N) is 4. The molecule has 1 aliphatic carbocycles. The zero-order valence-electron chi connectivity index (χ0n) is 36.9. The van der Waals surface area contributed by atoms with Crippen LogP contribution in [0.15, 0.2) is 71.8 Å². The molecule has 348 valence electrons. The fraction of sp³-hybridized carbons (Fsp3) is 0.458. The number of fused-ring (bicyclic) bond motifs is 2. The summed E-state index contributed by atoms with van der Waals surface area (Å²) in [5.41, 5.74) is 2.94. The van der Waals surface area contributed by atoms with E-state index >= 15 is 4.39 Å². The van der Waals surface area contributed by atoms with Crippen LogP contribution in [0, 0.1) is 33.2 Å². The maximum absolute atomic E-state index is 15.4. The number of nitro benzene ring substituents is 1. The third-order valence-electron chi connectivity index (χ3n) is 14.6. The first kappa shape index (κ1) is 44.0. The molecule has 4 aliphatic heterocycles. The normalized spacial score (nSPS) is 21.3. The Labute approximate surface area is 381 Å². The number of likely N-dealkylation sites (tertiary alicyclic amines) is 1. The van der Waals surface area contributed by atoms with Gasteiger partial charge in [-0.05, 0) is 104 Å². The number of benzene rings is 3. The van der Waals surface area contributed by atoms with Crippen molar-refractivity contribution in [3.8, 4) is 17.2 Å². The molecule has 5 aromatic rings. The molecular formula is C48H53F2N7O8S. The number of aromatic nitrogens is 2. The number of hydrogen-bond donors (Lipinski definition) is 3. The Bertz CT molecular complexity index is 2800. The molecule has 3 aromatic carbocycles. The number of aromatic amines is 1. The van der Waals surface area contributed by atoms with Crippen LogP contribution in [-0.4, -0.2) is 85.7 Å². The molecule has 5 aliphatic rings. The minimum Gasteiger partial charge on any atom is -0.489 e. The van der Waals surface area contributed by atoms with E-state index in [1.165, 1.54) is 30.0 Å². The lowest BCUT2D eigenvalue weighted by atomic mass is 9.59. The van der Waals surface area contributed by atoms with E-state index in [1.54, 1.807) is 12.1 Å². The number of carbonyl (C=O) groups is 1. The van der Waals surface area contributed by atoms with Crippen molar-refractivity contribution in [2.24, 2.45) is 11.3 Å². The van der Waals surface area contributed by atoms with Gasteiger partial charge < -0.3 is 29.4 Å². The maximum Gasteiger partial charge on any atom is 0.297 e. The van der Waals surface area contributed by atoms with Crippen LogP contribution in [0.4, 0.5) is 25.8 Å². The van der Waals surface area contributed by atoms with Gasteiger partial charge in [0.25, 0.3) is 27.6 Å². The second-order valence-corrected chi connectivity index (χ2v) is 20.5. The van der Waals surface area contributed by atoms with Gasteiger partial charge in [-0.2, -0.15) is 9.37 Å². The van der Waals surface area contributed by atoms with Gasteiger partial charge in [0.15, 0.2) is 17.2 Å². The third-order valence-corrected chi connectivity index (χ3v) is 15.9. The van der Waals surface area contributed by atoms with Crippen LogP contribution in [-0.2, 0) is 14.8 Å². The molecule has 3 saturated heterocycles. The van der Waals surface area contributed by atoms with E-state index in [9.17, 15) is 27.7 Å². The number of H-pyrrole nitrogens is 1. The fourth-order valence-corrected chi connectivity index (χ4v) is 12.0.